The highest BCUT2D eigenvalue weighted by molar-refractivity contribution is 7.99. The zero-order valence-corrected chi connectivity index (χ0v) is 25.1. The number of rotatable bonds is 12. The van der Waals surface area contributed by atoms with Gasteiger partial charge in [0, 0.05) is 64.6 Å². The lowest BCUT2D eigenvalue weighted by Crippen LogP contribution is -2.48. The average Bonchev–Trinajstić information content (AvgIpc) is 3.74. The van der Waals surface area contributed by atoms with E-state index in [1.54, 1.807) is 23.3 Å². The van der Waals surface area contributed by atoms with E-state index in [4.69, 9.17) is 19.6 Å². The van der Waals surface area contributed by atoms with Gasteiger partial charge in [-0.2, -0.15) is 9.50 Å². The topological polar surface area (TPSA) is 131 Å². The smallest absolute Gasteiger partial charge is 0.225 e. The first kappa shape index (κ1) is 29.2. The fourth-order valence-electron chi connectivity index (χ4n) is 5.37. The van der Waals surface area contributed by atoms with Crippen LogP contribution in [-0.4, -0.2) is 121 Å². The van der Waals surface area contributed by atoms with Gasteiger partial charge in [0.05, 0.1) is 24.4 Å². The van der Waals surface area contributed by atoms with Crippen LogP contribution in [0.25, 0.3) is 17.2 Å². The van der Waals surface area contributed by atoms with Crippen LogP contribution in [0.1, 0.15) is 0 Å². The largest absolute Gasteiger partial charge is 0.492 e. The molecule has 14 heteroatoms. The summed E-state index contributed by atoms with van der Waals surface area (Å²) >= 11 is 1.45. The molecule has 13 nitrogen and oxygen atoms in total. The minimum absolute atomic E-state index is 0.155. The first-order valence-electron chi connectivity index (χ1n) is 14.5. The third kappa shape index (κ3) is 6.72. The number of aromatic nitrogens is 4. The molecule has 6 rings (SSSR count). The first-order chi connectivity index (χ1) is 21.1. The molecule has 0 bridgehead atoms. The molecule has 1 amide bonds. The number of nitrogen functional groups attached to an aromatic ring is 1. The molecule has 2 fully saturated rings. The van der Waals surface area contributed by atoms with Crippen molar-refractivity contribution in [1.29, 1.82) is 0 Å². The van der Waals surface area contributed by atoms with Crippen molar-refractivity contribution in [3.8, 4) is 17.3 Å². The Balaban J connectivity index is 1.02. The number of hydrogen-bond donors (Lipinski definition) is 1. The summed E-state index contributed by atoms with van der Waals surface area (Å²) in [5, 5.41) is 4.46. The number of piperazine rings is 1. The molecule has 0 radical (unpaired) electrons. The van der Waals surface area contributed by atoms with E-state index in [1.165, 1.54) is 22.0 Å². The second-order valence-corrected chi connectivity index (χ2v) is 11.2. The number of nitrogens with zero attached hydrogens (tertiary/aromatic N) is 8. The standard InChI is InChI=1S/C29H37N9O4S/c1-43-25-27(32-29(30)38-28(25)31-26(33-38)24-3-2-17-42-24)37(21-39)13-10-34-8-11-36(12-9-34)22-4-6-23(7-5-22)41-20-16-35-14-18-40-19-15-35/h2-7,17,21H,8-16,18-20H2,1H3,(H2,30,32). The molecule has 0 unspecified atom stereocenters. The van der Waals surface area contributed by atoms with Crippen molar-refractivity contribution in [2.45, 2.75) is 4.90 Å². The highest BCUT2D eigenvalue weighted by atomic mass is 32.2. The van der Waals surface area contributed by atoms with E-state index in [1.807, 2.05) is 6.26 Å². The number of amides is 1. The van der Waals surface area contributed by atoms with Gasteiger partial charge < -0.3 is 24.5 Å². The number of benzene rings is 1. The minimum atomic E-state index is 0.155. The zero-order chi connectivity index (χ0) is 29.6. The highest BCUT2D eigenvalue weighted by Gasteiger charge is 2.23. The number of fused-ring (bicyclic) bond motifs is 1. The van der Waals surface area contributed by atoms with Crippen molar-refractivity contribution in [3.05, 3.63) is 42.7 Å². The van der Waals surface area contributed by atoms with Gasteiger partial charge >= 0.3 is 0 Å². The Morgan fingerprint density at radius 2 is 1.79 bits per heavy atom. The van der Waals surface area contributed by atoms with Crippen LogP contribution in [-0.2, 0) is 9.53 Å². The fourth-order valence-corrected chi connectivity index (χ4v) is 6.03. The zero-order valence-electron chi connectivity index (χ0n) is 24.3. The van der Waals surface area contributed by atoms with Crippen LogP contribution in [0.5, 0.6) is 5.75 Å². The first-order valence-corrected chi connectivity index (χ1v) is 15.7. The van der Waals surface area contributed by atoms with Gasteiger partial charge in [-0.25, -0.2) is 4.98 Å². The van der Waals surface area contributed by atoms with E-state index in [0.717, 1.165) is 76.1 Å². The van der Waals surface area contributed by atoms with Gasteiger partial charge in [0.2, 0.25) is 18.2 Å². The quantitative estimate of drug-likeness (QED) is 0.187. The molecule has 1 aromatic carbocycles. The van der Waals surface area contributed by atoms with Crippen molar-refractivity contribution in [3.63, 3.8) is 0 Å². The summed E-state index contributed by atoms with van der Waals surface area (Å²) in [6, 6.07) is 11.9. The van der Waals surface area contributed by atoms with Crippen LogP contribution in [0.2, 0.25) is 0 Å². The van der Waals surface area contributed by atoms with Crippen molar-refractivity contribution >= 4 is 41.3 Å². The summed E-state index contributed by atoms with van der Waals surface area (Å²) in [5.41, 5.74) is 7.98. The van der Waals surface area contributed by atoms with Gasteiger partial charge in [-0.15, -0.1) is 16.9 Å². The van der Waals surface area contributed by atoms with Crippen LogP contribution >= 0.6 is 11.8 Å². The van der Waals surface area contributed by atoms with E-state index in [9.17, 15) is 4.79 Å². The molecule has 2 saturated heterocycles. The predicted octanol–water partition coefficient (Wildman–Crippen LogP) is 2.18. The van der Waals surface area contributed by atoms with Gasteiger partial charge in [0.25, 0.3) is 0 Å². The Morgan fingerprint density at radius 3 is 2.49 bits per heavy atom. The summed E-state index contributed by atoms with van der Waals surface area (Å²) in [5.74, 6) is 2.48. The SMILES string of the molecule is CSc1c(N(C=O)CCN2CCN(c3ccc(OCCN4CCOCC4)cc3)CC2)nc(N)n2nc(-c3ccco3)nc12. The number of ether oxygens (including phenoxy) is 2. The second-order valence-electron chi connectivity index (χ2n) is 10.4. The number of anilines is 3. The Kier molecular flexibility index (Phi) is 9.27. The summed E-state index contributed by atoms with van der Waals surface area (Å²) < 4.78 is 18.3. The van der Waals surface area contributed by atoms with E-state index in [2.05, 4.69) is 54.0 Å². The number of furan rings is 1. The van der Waals surface area contributed by atoms with E-state index in [-0.39, 0.29) is 5.95 Å². The third-order valence-corrected chi connectivity index (χ3v) is 8.58. The number of nitrogens with two attached hydrogens (primary N) is 1. The highest BCUT2D eigenvalue weighted by Crippen LogP contribution is 2.32. The molecule has 0 atom stereocenters. The molecule has 0 aliphatic carbocycles. The summed E-state index contributed by atoms with van der Waals surface area (Å²) in [7, 11) is 0. The van der Waals surface area contributed by atoms with Crippen molar-refractivity contribution < 1.29 is 18.7 Å². The molecule has 4 aromatic rings. The molecular weight excluding hydrogens is 570 g/mol. The Labute approximate surface area is 254 Å². The summed E-state index contributed by atoms with van der Waals surface area (Å²) in [4.78, 5) is 30.9. The van der Waals surface area contributed by atoms with Gasteiger partial charge in [-0.05, 0) is 42.7 Å². The summed E-state index contributed by atoms with van der Waals surface area (Å²) in [6.45, 7) is 9.93. The summed E-state index contributed by atoms with van der Waals surface area (Å²) in [6.07, 6.45) is 4.30. The van der Waals surface area contributed by atoms with Crippen LogP contribution in [0, 0.1) is 0 Å². The maximum Gasteiger partial charge on any atom is 0.225 e. The fraction of sp³-hybridized carbons (Fsp3) is 0.448. The number of carbonyl (C=O) groups excluding carboxylic acids is 1. The average molecular weight is 608 g/mol. The van der Waals surface area contributed by atoms with Gasteiger partial charge in [-0.1, -0.05) is 0 Å². The van der Waals surface area contributed by atoms with Gasteiger partial charge in [0.15, 0.2) is 17.2 Å². The second kappa shape index (κ2) is 13.6. The van der Waals surface area contributed by atoms with Crippen LogP contribution < -0.4 is 20.3 Å². The van der Waals surface area contributed by atoms with E-state index in [0.29, 0.717) is 42.7 Å². The third-order valence-electron chi connectivity index (χ3n) is 7.81. The lowest BCUT2D eigenvalue weighted by atomic mass is 10.2. The van der Waals surface area contributed by atoms with E-state index >= 15 is 0 Å². The normalized spacial score (nSPS) is 16.5. The van der Waals surface area contributed by atoms with E-state index < -0.39 is 0 Å². The lowest BCUT2D eigenvalue weighted by Gasteiger charge is -2.36. The van der Waals surface area contributed by atoms with Crippen LogP contribution in [0.4, 0.5) is 17.5 Å². The Hall–Kier alpha value is -3.85. The lowest BCUT2D eigenvalue weighted by molar-refractivity contribution is -0.107. The predicted molar refractivity (Wildman–Crippen MR) is 166 cm³/mol. The van der Waals surface area contributed by atoms with Gasteiger partial charge in [0.1, 0.15) is 12.4 Å². The molecular formula is C29H37N9O4S. The Bertz CT molecular complexity index is 1480. The molecule has 43 heavy (non-hydrogen) atoms. The number of morpholine rings is 1. The Morgan fingerprint density at radius 1 is 1.02 bits per heavy atom. The number of thioether (sulfide) groups is 1. The number of carbonyl (C=O) groups is 1. The maximum absolute atomic E-state index is 12.2. The minimum Gasteiger partial charge on any atom is -0.492 e. The molecule has 2 aliphatic rings. The van der Waals surface area contributed by atoms with Crippen molar-refractivity contribution in [2.24, 2.45) is 0 Å². The van der Waals surface area contributed by atoms with Gasteiger partial charge in [-0.3, -0.25) is 19.5 Å². The molecule has 228 valence electrons. The van der Waals surface area contributed by atoms with Crippen molar-refractivity contribution in [1.82, 2.24) is 29.4 Å². The maximum atomic E-state index is 12.2. The molecule has 5 heterocycles. The molecule has 2 N–H and O–H groups in total. The monoisotopic (exact) mass is 607 g/mol. The molecule has 2 aliphatic heterocycles. The van der Waals surface area contributed by atoms with Crippen LogP contribution in [0.15, 0.2) is 52.0 Å². The molecule has 0 saturated carbocycles. The van der Waals surface area contributed by atoms with Crippen LogP contribution in [0.3, 0.4) is 0 Å². The number of hydrogen-bond acceptors (Lipinski definition) is 12. The molecule has 3 aromatic heterocycles. The van der Waals surface area contributed by atoms with Crippen molar-refractivity contribution in [2.75, 3.05) is 101 Å². The molecule has 0 spiro atoms.